The lowest BCUT2D eigenvalue weighted by Crippen LogP contribution is -2.49. The van der Waals surface area contributed by atoms with E-state index in [-0.39, 0.29) is 17.4 Å². The van der Waals surface area contributed by atoms with E-state index in [9.17, 15) is 9.90 Å². The number of aromatic nitrogens is 3. The van der Waals surface area contributed by atoms with Gasteiger partial charge in [0.15, 0.2) is 0 Å². The number of rotatable bonds is 6. The maximum absolute atomic E-state index is 13.9. The third-order valence-corrected chi connectivity index (χ3v) is 6.65. The monoisotopic (exact) mass is 467 g/mol. The maximum Gasteiger partial charge on any atom is 0.259 e. The molecule has 1 unspecified atom stereocenters. The Hall–Kier alpha value is -3.97. The first-order valence-electron chi connectivity index (χ1n) is 11.9. The molecule has 0 bridgehead atoms. The summed E-state index contributed by atoms with van der Waals surface area (Å²) in [5, 5.41) is 11.1. The van der Waals surface area contributed by atoms with Crippen LogP contribution in [0.1, 0.15) is 28.4 Å². The molecule has 4 aromatic rings. The van der Waals surface area contributed by atoms with Gasteiger partial charge >= 0.3 is 0 Å². The predicted molar refractivity (Wildman–Crippen MR) is 137 cm³/mol. The van der Waals surface area contributed by atoms with Crippen LogP contribution in [-0.2, 0) is 6.54 Å². The van der Waals surface area contributed by atoms with Gasteiger partial charge in [-0.25, -0.2) is 4.98 Å². The number of aryl methyl sites for hydroxylation is 1. The molecule has 5 rings (SSSR count). The Morgan fingerprint density at radius 1 is 0.914 bits per heavy atom. The minimum Gasteiger partial charge on any atom is -0.507 e. The van der Waals surface area contributed by atoms with Crippen molar-refractivity contribution < 1.29 is 5.11 Å². The number of hydrogen-bond acceptors (Lipinski definition) is 6. The number of benzene rings is 1. The first kappa shape index (κ1) is 22.8. The second kappa shape index (κ2) is 10.1. The average Bonchev–Trinajstić information content (AvgIpc) is 2.91. The van der Waals surface area contributed by atoms with Crippen LogP contribution in [0.2, 0.25) is 0 Å². The predicted octanol–water partition coefficient (Wildman–Crippen LogP) is 3.61. The number of anilines is 1. The third kappa shape index (κ3) is 4.81. The summed E-state index contributed by atoms with van der Waals surface area (Å²) in [6.45, 7) is 5.34. The standard InChI is InChI=1S/C28H29N5O2/c1-21-19-24(34)26(28(35)33(21)20-22-7-3-2-4-8-22)27(23-10-13-29-14-11-23)32-17-15-31(16-18-32)25-9-5-6-12-30-25/h2-14,19,27,34H,15-18,20H2,1H3. The zero-order valence-electron chi connectivity index (χ0n) is 19.8. The summed E-state index contributed by atoms with van der Waals surface area (Å²) in [7, 11) is 0. The Labute approximate surface area is 204 Å². The van der Waals surface area contributed by atoms with Gasteiger partial charge in [-0.3, -0.25) is 14.7 Å². The van der Waals surface area contributed by atoms with Gasteiger partial charge in [0.25, 0.3) is 5.56 Å². The molecule has 0 radical (unpaired) electrons. The minimum atomic E-state index is -0.376. The van der Waals surface area contributed by atoms with E-state index in [1.807, 2.05) is 67.6 Å². The molecule has 1 fully saturated rings. The van der Waals surface area contributed by atoms with E-state index in [2.05, 4.69) is 19.8 Å². The van der Waals surface area contributed by atoms with E-state index < -0.39 is 0 Å². The fourth-order valence-electron chi connectivity index (χ4n) is 4.84. The molecule has 7 heteroatoms. The lowest BCUT2D eigenvalue weighted by molar-refractivity contribution is 0.207. The van der Waals surface area contributed by atoms with Crippen molar-refractivity contribution in [1.82, 2.24) is 19.4 Å². The van der Waals surface area contributed by atoms with Gasteiger partial charge in [0.1, 0.15) is 11.6 Å². The average molecular weight is 468 g/mol. The van der Waals surface area contributed by atoms with Crippen molar-refractivity contribution in [1.29, 1.82) is 0 Å². The lowest BCUT2D eigenvalue weighted by atomic mass is 9.96. The number of nitrogens with zero attached hydrogens (tertiary/aromatic N) is 5. The summed E-state index contributed by atoms with van der Waals surface area (Å²) in [6, 6.07) is 21.0. The first-order chi connectivity index (χ1) is 17.1. The Balaban J connectivity index is 1.52. The quantitative estimate of drug-likeness (QED) is 0.467. The minimum absolute atomic E-state index is 0.0331. The van der Waals surface area contributed by atoms with Crippen molar-refractivity contribution in [2.75, 3.05) is 31.1 Å². The van der Waals surface area contributed by atoms with Crippen LogP contribution in [0, 0.1) is 6.92 Å². The van der Waals surface area contributed by atoms with Gasteiger partial charge in [-0.05, 0) is 48.4 Å². The molecular formula is C28H29N5O2. The fourth-order valence-corrected chi connectivity index (χ4v) is 4.84. The van der Waals surface area contributed by atoms with E-state index in [0.29, 0.717) is 12.1 Å². The van der Waals surface area contributed by atoms with Crippen molar-refractivity contribution in [3.63, 3.8) is 0 Å². The van der Waals surface area contributed by atoms with Gasteiger partial charge in [0, 0.05) is 50.5 Å². The van der Waals surface area contributed by atoms with Gasteiger partial charge in [-0.2, -0.15) is 0 Å². The molecule has 0 aliphatic carbocycles. The highest BCUT2D eigenvalue weighted by molar-refractivity contribution is 5.42. The number of aromatic hydroxyl groups is 1. The van der Waals surface area contributed by atoms with Crippen LogP contribution in [0.15, 0.2) is 90.1 Å². The number of hydrogen-bond donors (Lipinski definition) is 1. The van der Waals surface area contributed by atoms with Crippen molar-refractivity contribution in [3.8, 4) is 5.75 Å². The van der Waals surface area contributed by atoms with E-state index in [4.69, 9.17) is 0 Å². The Morgan fingerprint density at radius 3 is 2.31 bits per heavy atom. The molecule has 0 amide bonds. The number of pyridine rings is 3. The highest BCUT2D eigenvalue weighted by Gasteiger charge is 2.31. The lowest BCUT2D eigenvalue weighted by Gasteiger charge is -2.40. The third-order valence-electron chi connectivity index (χ3n) is 6.65. The van der Waals surface area contributed by atoms with Crippen LogP contribution in [0.25, 0.3) is 0 Å². The SMILES string of the molecule is Cc1cc(O)c(C(c2ccncc2)N2CCN(c3ccccn3)CC2)c(=O)n1Cc1ccccc1. The smallest absolute Gasteiger partial charge is 0.259 e. The largest absolute Gasteiger partial charge is 0.507 e. The van der Waals surface area contributed by atoms with Crippen LogP contribution in [0.4, 0.5) is 5.82 Å². The molecule has 1 saturated heterocycles. The topological polar surface area (TPSA) is 74.5 Å². The van der Waals surface area contributed by atoms with Gasteiger partial charge in [-0.15, -0.1) is 0 Å². The van der Waals surface area contributed by atoms with Crippen LogP contribution in [-0.4, -0.2) is 50.7 Å². The molecule has 7 nitrogen and oxygen atoms in total. The molecule has 0 saturated carbocycles. The number of piperazine rings is 1. The zero-order valence-corrected chi connectivity index (χ0v) is 19.8. The van der Waals surface area contributed by atoms with Gasteiger partial charge in [0.2, 0.25) is 0 Å². The molecule has 1 aromatic carbocycles. The first-order valence-corrected chi connectivity index (χ1v) is 11.9. The van der Waals surface area contributed by atoms with Crippen molar-refractivity contribution in [2.45, 2.75) is 19.5 Å². The van der Waals surface area contributed by atoms with Crippen molar-refractivity contribution in [3.05, 3.63) is 118 Å². The normalized spacial score (nSPS) is 15.2. The van der Waals surface area contributed by atoms with Crippen LogP contribution >= 0.6 is 0 Å². The van der Waals surface area contributed by atoms with E-state index in [0.717, 1.165) is 48.8 Å². The van der Waals surface area contributed by atoms with Crippen LogP contribution < -0.4 is 10.5 Å². The molecule has 4 heterocycles. The second-order valence-electron chi connectivity index (χ2n) is 8.86. The molecule has 1 atom stereocenters. The highest BCUT2D eigenvalue weighted by atomic mass is 16.3. The summed E-state index contributed by atoms with van der Waals surface area (Å²) in [5.74, 6) is 0.988. The molecule has 1 aliphatic heterocycles. The summed E-state index contributed by atoms with van der Waals surface area (Å²) < 4.78 is 1.75. The van der Waals surface area contributed by atoms with Gasteiger partial charge < -0.3 is 14.6 Å². The molecule has 1 N–H and O–H groups in total. The van der Waals surface area contributed by atoms with Gasteiger partial charge in [0.05, 0.1) is 18.2 Å². The summed E-state index contributed by atoms with van der Waals surface area (Å²) in [6.07, 6.45) is 5.28. The Bertz CT molecular complexity index is 1320. The molecule has 35 heavy (non-hydrogen) atoms. The van der Waals surface area contributed by atoms with E-state index in [1.54, 1.807) is 29.2 Å². The molecular weight excluding hydrogens is 438 g/mol. The van der Waals surface area contributed by atoms with E-state index in [1.165, 1.54) is 0 Å². The van der Waals surface area contributed by atoms with Crippen LogP contribution in [0.3, 0.4) is 0 Å². The molecule has 1 aliphatic rings. The van der Waals surface area contributed by atoms with Crippen molar-refractivity contribution in [2.24, 2.45) is 0 Å². The fraction of sp³-hybridized carbons (Fsp3) is 0.250. The summed E-state index contributed by atoms with van der Waals surface area (Å²) in [4.78, 5) is 27.1. The molecule has 0 spiro atoms. The Kier molecular flexibility index (Phi) is 6.59. The van der Waals surface area contributed by atoms with E-state index >= 15 is 0 Å². The summed E-state index contributed by atoms with van der Waals surface area (Å²) in [5.41, 5.74) is 2.95. The molecule has 178 valence electrons. The van der Waals surface area contributed by atoms with Crippen molar-refractivity contribution >= 4 is 5.82 Å². The highest BCUT2D eigenvalue weighted by Crippen LogP contribution is 2.33. The Morgan fingerprint density at radius 2 is 1.63 bits per heavy atom. The van der Waals surface area contributed by atoms with Gasteiger partial charge in [-0.1, -0.05) is 36.4 Å². The summed E-state index contributed by atoms with van der Waals surface area (Å²) >= 11 is 0. The zero-order chi connectivity index (χ0) is 24.2. The maximum atomic E-state index is 13.9. The second-order valence-corrected chi connectivity index (χ2v) is 8.86. The molecule has 3 aromatic heterocycles. The van der Waals surface area contributed by atoms with Crippen LogP contribution in [0.5, 0.6) is 5.75 Å².